The zero-order chi connectivity index (χ0) is 22.7. The van der Waals surface area contributed by atoms with E-state index in [9.17, 15) is 14.7 Å². The molecule has 5 N–H and O–H groups in total. The Morgan fingerprint density at radius 3 is 2.43 bits per heavy atom. The van der Waals surface area contributed by atoms with Gasteiger partial charge in [-0.15, -0.1) is 0 Å². The molecule has 1 saturated heterocycles. The fourth-order valence-corrected chi connectivity index (χ4v) is 4.15. The Kier molecular flexibility index (Phi) is 7.77. The average Bonchev–Trinajstić information content (AvgIpc) is 2.63. The summed E-state index contributed by atoms with van der Waals surface area (Å²) in [6.45, 7) is 10.6. The predicted octanol–water partition coefficient (Wildman–Crippen LogP) is 2.67. The fourth-order valence-electron chi connectivity index (χ4n) is 4.02. The van der Waals surface area contributed by atoms with Gasteiger partial charge in [-0.1, -0.05) is 51.4 Å². The number of urea groups is 1. The highest BCUT2D eigenvalue weighted by atomic mass is 35.5. The minimum absolute atomic E-state index is 0.0845. The summed E-state index contributed by atoms with van der Waals surface area (Å²) >= 11 is 6.03. The van der Waals surface area contributed by atoms with Gasteiger partial charge in [0.25, 0.3) is 0 Å². The summed E-state index contributed by atoms with van der Waals surface area (Å²) in [6, 6.07) is 6.74. The van der Waals surface area contributed by atoms with E-state index in [1.165, 1.54) is 12.5 Å². The summed E-state index contributed by atoms with van der Waals surface area (Å²) in [5.41, 5.74) is 5.07. The van der Waals surface area contributed by atoms with Crippen molar-refractivity contribution in [3.63, 3.8) is 0 Å². The first-order chi connectivity index (χ1) is 13.8. The van der Waals surface area contributed by atoms with E-state index in [0.717, 1.165) is 6.42 Å². The molecular weight excluding hydrogens is 404 g/mol. The summed E-state index contributed by atoms with van der Waals surface area (Å²) < 4.78 is 0. The van der Waals surface area contributed by atoms with Gasteiger partial charge < -0.3 is 26.4 Å². The lowest BCUT2D eigenvalue weighted by molar-refractivity contribution is -0.137. The second kappa shape index (κ2) is 9.54. The van der Waals surface area contributed by atoms with Crippen molar-refractivity contribution in [1.29, 1.82) is 0 Å². The molecule has 0 aromatic heterocycles. The maximum Gasteiger partial charge on any atom is 0.315 e. The highest BCUT2D eigenvalue weighted by Crippen LogP contribution is 2.42. The van der Waals surface area contributed by atoms with Crippen LogP contribution >= 0.6 is 11.6 Å². The number of rotatable bonds is 6. The maximum absolute atomic E-state index is 13.2. The Morgan fingerprint density at radius 2 is 1.93 bits per heavy atom. The van der Waals surface area contributed by atoms with Crippen LogP contribution < -0.4 is 16.4 Å². The second-order valence-corrected chi connectivity index (χ2v) is 9.98. The zero-order valence-corrected chi connectivity index (χ0v) is 19.3. The molecule has 0 spiro atoms. The van der Waals surface area contributed by atoms with Crippen molar-refractivity contribution >= 4 is 23.5 Å². The molecule has 1 aliphatic rings. The van der Waals surface area contributed by atoms with Gasteiger partial charge in [-0.25, -0.2) is 4.79 Å². The van der Waals surface area contributed by atoms with Crippen LogP contribution in [0, 0.1) is 11.3 Å². The molecule has 1 fully saturated rings. The lowest BCUT2D eigenvalue weighted by Crippen LogP contribution is -2.58. The number of aliphatic hydroxyl groups is 1. The molecule has 3 amide bonds. The quantitative estimate of drug-likeness (QED) is 0.512. The number of carbonyl (C=O) groups excluding carboxylic acids is 2. The molecule has 8 heteroatoms. The molecule has 7 nitrogen and oxygen atoms in total. The normalized spacial score (nSPS) is 21.6. The average molecular weight is 439 g/mol. The number of hydrogen-bond acceptors (Lipinski definition) is 4. The number of likely N-dealkylation sites (tertiary alicyclic amines) is 1. The van der Waals surface area contributed by atoms with Gasteiger partial charge in [0.15, 0.2) is 0 Å². The summed E-state index contributed by atoms with van der Waals surface area (Å²) in [7, 11) is 0. The van der Waals surface area contributed by atoms with Crippen LogP contribution in [0.4, 0.5) is 4.79 Å². The third-order valence-corrected chi connectivity index (χ3v) is 5.89. The number of halogens is 1. The number of benzene rings is 1. The smallest absolute Gasteiger partial charge is 0.315 e. The van der Waals surface area contributed by atoms with E-state index in [2.05, 4.69) is 36.6 Å². The van der Waals surface area contributed by atoms with Crippen LogP contribution in [0.3, 0.4) is 0 Å². The number of nitrogens with two attached hydrogens (primary N) is 1. The first kappa shape index (κ1) is 24.4. The van der Waals surface area contributed by atoms with Crippen LogP contribution in [0.2, 0.25) is 5.02 Å². The summed E-state index contributed by atoms with van der Waals surface area (Å²) in [5.74, 6) is 0.139. The number of hydrogen-bond donors (Lipinski definition) is 4. The number of carbonyl (C=O) groups is 2. The number of nitrogens with zero attached hydrogens (tertiary/aromatic N) is 1. The van der Waals surface area contributed by atoms with Crippen molar-refractivity contribution in [3.8, 4) is 0 Å². The molecule has 30 heavy (non-hydrogen) atoms. The van der Waals surface area contributed by atoms with Crippen molar-refractivity contribution in [2.75, 3.05) is 19.6 Å². The molecule has 0 radical (unpaired) electrons. The Morgan fingerprint density at radius 1 is 1.33 bits per heavy atom. The van der Waals surface area contributed by atoms with Gasteiger partial charge in [-0.3, -0.25) is 4.79 Å². The van der Waals surface area contributed by atoms with Crippen molar-refractivity contribution in [2.24, 2.45) is 17.1 Å². The first-order valence-corrected chi connectivity index (χ1v) is 10.8. The molecule has 3 atom stereocenters. The second-order valence-electron chi connectivity index (χ2n) is 9.55. The summed E-state index contributed by atoms with van der Waals surface area (Å²) in [4.78, 5) is 27.3. The molecule has 0 bridgehead atoms. The maximum atomic E-state index is 13.2. The first-order valence-electron chi connectivity index (χ1n) is 10.4. The van der Waals surface area contributed by atoms with Crippen molar-refractivity contribution < 1.29 is 14.7 Å². The van der Waals surface area contributed by atoms with E-state index in [4.69, 9.17) is 17.3 Å². The molecule has 3 unspecified atom stereocenters. The molecular formula is C22H35ClN4O3. The van der Waals surface area contributed by atoms with Crippen LogP contribution in [0.15, 0.2) is 24.3 Å². The number of nitrogens with one attached hydrogen (secondary N) is 2. The van der Waals surface area contributed by atoms with Crippen molar-refractivity contribution in [3.05, 3.63) is 34.9 Å². The monoisotopic (exact) mass is 438 g/mol. The van der Waals surface area contributed by atoms with Crippen LogP contribution in [0.5, 0.6) is 0 Å². The van der Waals surface area contributed by atoms with Crippen molar-refractivity contribution in [2.45, 2.75) is 58.7 Å². The van der Waals surface area contributed by atoms with Gasteiger partial charge in [0.05, 0.1) is 6.54 Å². The van der Waals surface area contributed by atoms with E-state index in [0.29, 0.717) is 24.0 Å². The highest BCUT2D eigenvalue weighted by molar-refractivity contribution is 6.30. The Balaban J connectivity index is 2.05. The molecule has 1 aromatic carbocycles. The Labute approximate surface area is 184 Å². The molecule has 0 aliphatic carbocycles. The van der Waals surface area contributed by atoms with Crippen LogP contribution in [-0.4, -0.2) is 53.3 Å². The van der Waals surface area contributed by atoms with E-state index >= 15 is 0 Å². The summed E-state index contributed by atoms with van der Waals surface area (Å²) in [5, 5.41) is 15.5. The van der Waals surface area contributed by atoms with Crippen LogP contribution in [-0.2, 0) is 4.79 Å². The molecule has 1 aromatic rings. The highest BCUT2D eigenvalue weighted by Gasteiger charge is 2.40. The van der Waals surface area contributed by atoms with E-state index < -0.39 is 17.8 Å². The lowest BCUT2D eigenvalue weighted by Gasteiger charge is -2.45. The SMILES string of the molecule is CC(C)C(NC(=O)NCC(C)(N)O)C(=O)N1CCC(c2ccc(Cl)cc2)C(C)(C)C1. The van der Waals surface area contributed by atoms with Crippen LogP contribution in [0.25, 0.3) is 0 Å². The molecule has 1 heterocycles. The Hall–Kier alpha value is -1.83. The van der Waals surface area contributed by atoms with Gasteiger partial charge in [-0.05, 0) is 48.3 Å². The molecule has 168 valence electrons. The van der Waals surface area contributed by atoms with Gasteiger partial charge >= 0.3 is 6.03 Å². The number of amides is 3. The summed E-state index contributed by atoms with van der Waals surface area (Å²) in [6.07, 6.45) is 0.841. The zero-order valence-electron chi connectivity index (χ0n) is 18.5. The standard InChI is InChI=1S/C22H35ClN4O3/c1-14(2)18(26-20(29)25-12-22(5,24)30)19(28)27-11-10-17(21(3,4)13-27)15-6-8-16(23)9-7-15/h6-9,14,17-18,30H,10-13,24H2,1-5H3,(H2,25,26,29). The van der Waals surface area contributed by atoms with Gasteiger partial charge in [0.2, 0.25) is 5.91 Å². The third-order valence-electron chi connectivity index (χ3n) is 5.64. The van der Waals surface area contributed by atoms with Gasteiger partial charge in [0.1, 0.15) is 11.8 Å². The van der Waals surface area contributed by atoms with E-state index in [1.54, 1.807) is 0 Å². The topological polar surface area (TPSA) is 108 Å². The molecule has 2 rings (SSSR count). The van der Waals surface area contributed by atoms with Gasteiger partial charge in [-0.2, -0.15) is 0 Å². The Bertz CT molecular complexity index is 744. The minimum atomic E-state index is -1.51. The largest absolute Gasteiger partial charge is 0.375 e. The van der Waals surface area contributed by atoms with E-state index in [1.807, 2.05) is 30.9 Å². The van der Waals surface area contributed by atoms with Gasteiger partial charge in [0, 0.05) is 18.1 Å². The predicted molar refractivity (Wildman–Crippen MR) is 119 cm³/mol. The third kappa shape index (κ3) is 6.59. The van der Waals surface area contributed by atoms with E-state index in [-0.39, 0.29) is 23.8 Å². The number of piperidine rings is 1. The lowest BCUT2D eigenvalue weighted by atomic mass is 9.70. The minimum Gasteiger partial charge on any atom is -0.375 e. The molecule has 1 aliphatic heterocycles. The molecule has 0 saturated carbocycles. The van der Waals surface area contributed by atoms with Crippen LogP contribution in [0.1, 0.15) is 52.5 Å². The fraction of sp³-hybridized carbons (Fsp3) is 0.636. The van der Waals surface area contributed by atoms with Crippen molar-refractivity contribution in [1.82, 2.24) is 15.5 Å².